The van der Waals surface area contributed by atoms with Gasteiger partial charge in [-0.05, 0) is 23.6 Å². The maximum absolute atomic E-state index is 13.1. The molecule has 0 radical (unpaired) electrons. The lowest BCUT2D eigenvalue weighted by molar-refractivity contribution is 0.356. The van der Waals surface area contributed by atoms with Gasteiger partial charge in [0.05, 0.1) is 7.11 Å². The van der Waals surface area contributed by atoms with Crippen LogP contribution in [0.4, 0.5) is 4.39 Å². The van der Waals surface area contributed by atoms with Gasteiger partial charge in [0.15, 0.2) is 17.3 Å². The van der Waals surface area contributed by atoms with E-state index in [9.17, 15) is 9.50 Å². The van der Waals surface area contributed by atoms with E-state index in [1.54, 1.807) is 6.07 Å². The van der Waals surface area contributed by atoms with Gasteiger partial charge in [0.25, 0.3) is 0 Å². The number of aromatic hydroxyl groups is 1. The summed E-state index contributed by atoms with van der Waals surface area (Å²) in [5, 5.41) is 9.20. The van der Waals surface area contributed by atoms with Crippen molar-refractivity contribution in [3.05, 3.63) is 23.5 Å². The first kappa shape index (κ1) is 9.84. The van der Waals surface area contributed by atoms with Gasteiger partial charge in [-0.1, -0.05) is 13.8 Å². The molecule has 0 aromatic heterocycles. The van der Waals surface area contributed by atoms with E-state index in [4.69, 9.17) is 4.74 Å². The number of phenols is 1. The van der Waals surface area contributed by atoms with Crippen molar-refractivity contribution in [3.63, 3.8) is 0 Å². The van der Waals surface area contributed by atoms with Crippen LogP contribution in [0.2, 0.25) is 0 Å². The first-order valence-corrected chi connectivity index (χ1v) is 4.12. The lowest BCUT2D eigenvalue weighted by Gasteiger charge is -2.09. The summed E-state index contributed by atoms with van der Waals surface area (Å²) in [6, 6.07) is 2.96. The maximum Gasteiger partial charge on any atom is 0.194 e. The number of benzene rings is 1. The van der Waals surface area contributed by atoms with Gasteiger partial charge in [0, 0.05) is 0 Å². The van der Waals surface area contributed by atoms with Crippen molar-refractivity contribution in [2.45, 2.75) is 19.8 Å². The van der Waals surface area contributed by atoms with Crippen LogP contribution >= 0.6 is 0 Å². The minimum Gasteiger partial charge on any atom is -0.502 e. The lowest BCUT2D eigenvalue weighted by atomic mass is 10.0. The average Bonchev–Trinajstić information content (AvgIpc) is 2.09. The fraction of sp³-hybridized carbons (Fsp3) is 0.400. The second-order valence-corrected chi connectivity index (χ2v) is 3.21. The molecule has 1 rings (SSSR count). The molecular weight excluding hydrogens is 171 g/mol. The summed E-state index contributed by atoms with van der Waals surface area (Å²) in [6.45, 7) is 3.90. The predicted molar refractivity (Wildman–Crippen MR) is 48.7 cm³/mol. The van der Waals surface area contributed by atoms with E-state index in [0.29, 0.717) is 0 Å². The first-order chi connectivity index (χ1) is 6.06. The minimum absolute atomic E-state index is 0.184. The highest BCUT2D eigenvalue weighted by Gasteiger charge is 2.11. The van der Waals surface area contributed by atoms with Crippen LogP contribution < -0.4 is 4.74 Å². The summed E-state index contributed by atoms with van der Waals surface area (Å²) in [6.07, 6.45) is 0. The van der Waals surface area contributed by atoms with Gasteiger partial charge >= 0.3 is 0 Å². The van der Waals surface area contributed by atoms with Gasteiger partial charge in [-0.25, -0.2) is 4.39 Å². The van der Waals surface area contributed by atoms with Crippen molar-refractivity contribution in [1.29, 1.82) is 0 Å². The lowest BCUT2D eigenvalue weighted by Crippen LogP contribution is -1.93. The summed E-state index contributed by atoms with van der Waals surface area (Å²) in [5.41, 5.74) is 0.812. The zero-order valence-electron chi connectivity index (χ0n) is 7.97. The van der Waals surface area contributed by atoms with Crippen LogP contribution in [-0.4, -0.2) is 12.2 Å². The van der Waals surface area contributed by atoms with Crippen molar-refractivity contribution in [3.8, 4) is 11.5 Å². The predicted octanol–water partition coefficient (Wildman–Crippen LogP) is 2.66. The third kappa shape index (κ3) is 1.91. The maximum atomic E-state index is 13.1. The highest BCUT2D eigenvalue weighted by molar-refractivity contribution is 5.43. The summed E-state index contributed by atoms with van der Waals surface area (Å²) in [5.74, 6) is -0.664. The normalized spacial score (nSPS) is 10.5. The van der Waals surface area contributed by atoms with Crippen LogP contribution in [0.1, 0.15) is 25.3 Å². The van der Waals surface area contributed by atoms with Gasteiger partial charge in [-0.2, -0.15) is 0 Å². The zero-order valence-corrected chi connectivity index (χ0v) is 7.97. The number of halogens is 1. The van der Waals surface area contributed by atoms with Gasteiger partial charge in [-0.3, -0.25) is 0 Å². The molecule has 0 bridgehead atoms. The molecule has 13 heavy (non-hydrogen) atoms. The van der Waals surface area contributed by atoms with Crippen molar-refractivity contribution in [2.75, 3.05) is 7.11 Å². The Hall–Kier alpha value is -1.25. The summed E-state index contributed by atoms with van der Waals surface area (Å²) < 4.78 is 17.9. The fourth-order valence-corrected chi connectivity index (χ4v) is 1.08. The molecule has 0 unspecified atom stereocenters. The van der Waals surface area contributed by atoms with Crippen LogP contribution in [0.15, 0.2) is 12.1 Å². The second kappa shape index (κ2) is 3.64. The molecule has 72 valence electrons. The average molecular weight is 184 g/mol. The number of methoxy groups -OCH3 is 1. The molecule has 0 aliphatic heterocycles. The molecular formula is C10H13FO2. The smallest absolute Gasteiger partial charge is 0.194 e. The summed E-state index contributed by atoms with van der Waals surface area (Å²) in [7, 11) is 1.40. The molecule has 0 aliphatic carbocycles. The van der Waals surface area contributed by atoms with Crippen molar-refractivity contribution in [2.24, 2.45) is 0 Å². The molecule has 0 fully saturated rings. The Morgan fingerprint density at radius 3 is 2.46 bits per heavy atom. The Morgan fingerprint density at radius 1 is 1.38 bits per heavy atom. The van der Waals surface area contributed by atoms with Crippen LogP contribution in [0.3, 0.4) is 0 Å². The number of rotatable bonds is 2. The summed E-state index contributed by atoms with van der Waals surface area (Å²) >= 11 is 0. The third-order valence-corrected chi connectivity index (χ3v) is 1.94. The fourth-order valence-electron chi connectivity index (χ4n) is 1.08. The second-order valence-electron chi connectivity index (χ2n) is 3.21. The van der Waals surface area contributed by atoms with Crippen LogP contribution in [0.25, 0.3) is 0 Å². The van der Waals surface area contributed by atoms with E-state index in [0.717, 1.165) is 5.56 Å². The quantitative estimate of drug-likeness (QED) is 0.765. The van der Waals surface area contributed by atoms with E-state index in [-0.39, 0.29) is 11.7 Å². The SMILES string of the molecule is COc1cc(C(C)C)cc(F)c1O. The molecule has 0 saturated carbocycles. The molecule has 0 heterocycles. The molecule has 0 atom stereocenters. The molecule has 1 N–H and O–H groups in total. The highest BCUT2D eigenvalue weighted by atomic mass is 19.1. The van der Waals surface area contributed by atoms with Gasteiger partial charge < -0.3 is 9.84 Å². The first-order valence-electron chi connectivity index (χ1n) is 4.12. The van der Waals surface area contributed by atoms with Crippen molar-refractivity contribution >= 4 is 0 Å². The van der Waals surface area contributed by atoms with Gasteiger partial charge in [0.2, 0.25) is 0 Å². The third-order valence-electron chi connectivity index (χ3n) is 1.94. The summed E-state index contributed by atoms with van der Waals surface area (Å²) in [4.78, 5) is 0. The monoisotopic (exact) mass is 184 g/mol. The number of ether oxygens (including phenoxy) is 1. The number of phenolic OH excluding ortho intramolecular Hbond substituents is 1. The van der Waals surface area contributed by atoms with Crippen molar-refractivity contribution in [1.82, 2.24) is 0 Å². The van der Waals surface area contributed by atoms with Crippen LogP contribution in [-0.2, 0) is 0 Å². The Bertz CT molecular complexity index is 308. The largest absolute Gasteiger partial charge is 0.502 e. The van der Waals surface area contributed by atoms with Gasteiger partial charge in [-0.15, -0.1) is 0 Å². The molecule has 1 aromatic carbocycles. The molecule has 0 amide bonds. The molecule has 2 nitrogen and oxygen atoms in total. The molecule has 0 aliphatic rings. The minimum atomic E-state index is -0.636. The number of hydrogen-bond acceptors (Lipinski definition) is 2. The topological polar surface area (TPSA) is 29.5 Å². The standard InChI is InChI=1S/C10H13FO2/c1-6(2)7-4-8(11)10(12)9(5-7)13-3/h4-6,12H,1-3H3. The molecule has 0 saturated heterocycles. The van der Waals surface area contributed by atoms with Crippen LogP contribution in [0, 0.1) is 5.82 Å². The van der Waals surface area contributed by atoms with Crippen molar-refractivity contribution < 1.29 is 14.2 Å². The van der Waals surface area contributed by atoms with E-state index in [1.807, 2.05) is 13.8 Å². The zero-order chi connectivity index (χ0) is 10.0. The molecule has 0 spiro atoms. The van der Waals surface area contributed by atoms with E-state index in [2.05, 4.69) is 0 Å². The Labute approximate surface area is 77.0 Å². The van der Waals surface area contributed by atoms with Gasteiger partial charge in [0.1, 0.15) is 0 Å². The Balaban J connectivity index is 3.22. The Kier molecular flexibility index (Phi) is 2.76. The highest BCUT2D eigenvalue weighted by Crippen LogP contribution is 2.32. The van der Waals surface area contributed by atoms with E-state index in [1.165, 1.54) is 13.2 Å². The Morgan fingerprint density at radius 2 is 2.00 bits per heavy atom. The molecule has 1 aromatic rings. The number of hydrogen-bond donors (Lipinski definition) is 1. The molecule has 3 heteroatoms. The van der Waals surface area contributed by atoms with E-state index >= 15 is 0 Å². The van der Waals surface area contributed by atoms with Crippen LogP contribution in [0.5, 0.6) is 11.5 Å². The van der Waals surface area contributed by atoms with E-state index < -0.39 is 11.6 Å².